The van der Waals surface area contributed by atoms with E-state index in [-0.39, 0.29) is 0 Å². The van der Waals surface area contributed by atoms with E-state index in [1.807, 2.05) is 0 Å². The maximum atomic E-state index is 2.81. The Morgan fingerprint density at radius 1 is 1.33 bits per heavy atom. The van der Waals surface area contributed by atoms with Crippen LogP contribution in [0.1, 0.15) is 26.7 Å². The van der Waals surface area contributed by atoms with E-state index < -0.39 is 0 Å². The van der Waals surface area contributed by atoms with Gasteiger partial charge >= 0.3 is 47.8 Å². The van der Waals surface area contributed by atoms with Crippen molar-refractivity contribution in [2.45, 2.75) is 31.5 Å². The van der Waals surface area contributed by atoms with Crippen molar-refractivity contribution in [1.82, 2.24) is 0 Å². The quantitative estimate of drug-likeness (QED) is 0.462. The van der Waals surface area contributed by atoms with E-state index in [0.717, 1.165) is 4.78 Å². The van der Waals surface area contributed by atoms with Gasteiger partial charge in [0, 0.05) is 0 Å². The van der Waals surface area contributed by atoms with Crippen LogP contribution in [0.5, 0.6) is 0 Å². The molecular formula is C5H11Al+2. The van der Waals surface area contributed by atoms with Crippen LogP contribution in [0.4, 0.5) is 0 Å². The Kier molecular flexibility index (Phi) is 4.04. The molecule has 0 aromatic heterocycles. The first-order chi connectivity index (χ1) is 2.81. The van der Waals surface area contributed by atoms with E-state index in [4.69, 9.17) is 0 Å². The number of hydrogen-bond donors (Lipinski definition) is 0. The minimum atomic E-state index is 0.852. The summed E-state index contributed by atoms with van der Waals surface area (Å²) in [5, 5.41) is 0. The molecule has 0 saturated heterocycles. The molecule has 0 aromatic carbocycles. The van der Waals surface area contributed by atoms with Gasteiger partial charge in [-0.2, -0.15) is 0 Å². The molecule has 0 fully saturated rings. The van der Waals surface area contributed by atoms with Gasteiger partial charge < -0.3 is 0 Å². The summed E-state index contributed by atoms with van der Waals surface area (Å²) in [5.74, 6) is 0. The first-order valence-electron chi connectivity index (χ1n) is 2.56. The van der Waals surface area contributed by atoms with Crippen molar-refractivity contribution in [2.24, 2.45) is 0 Å². The van der Waals surface area contributed by atoms with Crippen molar-refractivity contribution >= 4 is 16.3 Å². The van der Waals surface area contributed by atoms with Crippen LogP contribution >= 0.6 is 0 Å². The SMILES string of the molecule is CC[CH]([Al+2])CC. The van der Waals surface area contributed by atoms with Crippen LogP contribution < -0.4 is 0 Å². The first kappa shape index (κ1) is 6.53. The third-order valence-corrected chi connectivity index (χ3v) is 1.99. The van der Waals surface area contributed by atoms with Crippen LogP contribution in [0.2, 0.25) is 4.78 Å². The molecule has 0 amide bonds. The summed E-state index contributed by atoms with van der Waals surface area (Å²) in [6, 6.07) is 0. The molecule has 0 spiro atoms. The van der Waals surface area contributed by atoms with Crippen LogP contribution in [0, 0.1) is 0 Å². The van der Waals surface area contributed by atoms with Gasteiger partial charge in [0.15, 0.2) is 0 Å². The average Bonchev–Trinajstić information content (AvgIpc) is 1.65. The van der Waals surface area contributed by atoms with Crippen molar-refractivity contribution in [3.8, 4) is 0 Å². The molecule has 0 aliphatic rings. The van der Waals surface area contributed by atoms with Gasteiger partial charge in [-0.25, -0.2) is 0 Å². The zero-order valence-electron chi connectivity index (χ0n) is 4.57. The predicted molar refractivity (Wildman–Crippen MR) is 30.1 cm³/mol. The summed E-state index contributed by atoms with van der Waals surface area (Å²) < 4.78 is 0.852. The fraction of sp³-hybridized carbons (Fsp3) is 1.00. The van der Waals surface area contributed by atoms with Crippen molar-refractivity contribution in [2.75, 3.05) is 0 Å². The topological polar surface area (TPSA) is 0 Å². The monoisotopic (exact) mass is 98.1 g/mol. The molecule has 0 atom stereocenters. The fourth-order valence-electron chi connectivity index (χ4n) is 0.289. The molecule has 0 unspecified atom stereocenters. The molecular weight excluding hydrogens is 87.0 g/mol. The molecule has 0 radical (unpaired) electrons. The maximum absolute atomic E-state index is 2.81. The molecule has 6 heavy (non-hydrogen) atoms. The van der Waals surface area contributed by atoms with Crippen LogP contribution in [-0.2, 0) is 0 Å². The second-order valence-electron chi connectivity index (χ2n) is 1.58. The molecule has 0 rings (SSSR count). The Hall–Kier alpha value is 0.532. The zero-order chi connectivity index (χ0) is 4.99. The first-order valence-corrected chi connectivity index (χ1v) is 3.23. The second-order valence-corrected chi connectivity index (χ2v) is 2.52. The van der Waals surface area contributed by atoms with E-state index in [0.29, 0.717) is 0 Å². The van der Waals surface area contributed by atoms with E-state index in [1.165, 1.54) is 12.8 Å². The second kappa shape index (κ2) is 3.71. The molecule has 0 aliphatic heterocycles. The fourth-order valence-corrected chi connectivity index (χ4v) is 0.289. The van der Waals surface area contributed by atoms with Gasteiger partial charge in [-0.3, -0.25) is 0 Å². The van der Waals surface area contributed by atoms with Crippen LogP contribution in [0.15, 0.2) is 0 Å². The summed E-state index contributed by atoms with van der Waals surface area (Å²) in [6.45, 7) is 4.42. The van der Waals surface area contributed by atoms with E-state index >= 15 is 0 Å². The zero-order valence-corrected chi connectivity index (χ0v) is 5.72. The third kappa shape index (κ3) is 2.75. The Morgan fingerprint density at radius 3 is 1.67 bits per heavy atom. The van der Waals surface area contributed by atoms with Gasteiger partial charge in [0.2, 0.25) is 0 Å². The van der Waals surface area contributed by atoms with Crippen molar-refractivity contribution < 1.29 is 0 Å². The molecule has 0 heterocycles. The Labute approximate surface area is 48.4 Å². The Morgan fingerprint density at radius 2 is 1.67 bits per heavy atom. The molecule has 32 valence electrons. The van der Waals surface area contributed by atoms with Crippen molar-refractivity contribution in [3.63, 3.8) is 0 Å². The molecule has 0 saturated carbocycles. The number of rotatable bonds is 2. The molecule has 0 nitrogen and oxygen atoms in total. The van der Waals surface area contributed by atoms with Gasteiger partial charge in [-0.1, -0.05) is 0 Å². The summed E-state index contributed by atoms with van der Waals surface area (Å²) in [4.78, 5) is 0. The standard InChI is InChI=1S/C5H11.Al/c1-3-5-4-2;/h5H,3-4H2,1-2H3;/q;+2. The molecule has 0 aliphatic carbocycles. The van der Waals surface area contributed by atoms with E-state index in [1.54, 1.807) is 0 Å². The van der Waals surface area contributed by atoms with Crippen LogP contribution in [0.25, 0.3) is 0 Å². The molecule has 1 heteroatoms. The van der Waals surface area contributed by atoms with Gasteiger partial charge in [0.05, 0.1) is 0 Å². The van der Waals surface area contributed by atoms with Crippen LogP contribution in [0.3, 0.4) is 0 Å². The van der Waals surface area contributed by atoms with E-state index in [9.17, 15) is 0 Å². The Balaban J connectivity index is 2.75. The van der Waals surface area contributed by atoms with Gasteiger partial charge in [0.25, 0.3) is 0 Å². The molecule has 0 N–H and O–H groups in total. The van der Waals surface area contributed by atoms with Gasteiger partial charge in [-0.15, -0.1) is 0 Å². The van der Waals surface area contributed by atoms with Gasteiger partial charge in [-0.05, 0) is 0 Å². The average molecular weight is 98.1 g/mol. The number of hydrogen-bond acceptors (Lipinski definition) is 0. The van der Waals surface area contributed by atoms with Crippen LogP contribution in [-0.4, -0.2) is 16.3 Å². The normalized spacial score (nSPS) is 10.2. The summed E-state index contributed by atoms with van der Waals surface area (Å²) in [7, 11) is 0. The minimum absolute atomic E-state index is 0.852. The molecule has 0 bridgehead atoms. The Bertz CT molecular complexity index is 23.1. The summed E-state index contributed by atoms with van der Waals surface area (Å²) in [6.07, 6.45) is 2.59. The summed E-state index contributed by atoms with van der Waals surface area (Å²) in [5.41, 5.74) is 0. The molecule has 0 aromatic rings. The summed E-state index contributed by atoms with van der Waals surface area (Å²) >= 11 is 2.81. The predicted octanol–water partition coefficient (Wildman–Crippen LogP) is 1.76. The van der Waals surface area contributed by atoms with Crippen molar-refractivity contribution in [1.29, 1.82) is 0 Å². The van der Waals surface area contributed by atoms with E-state index in [2.05, 4.69) is 30.1 Å². The van der Waals surface area contributed by atoms with Crippen molar-refractivity contribution in [3.05, 3.63) is 0 Å². The van der Waals surface area contributed by atoms with Gasteiger partial charge in [0.1, 0.15) is 0 Å². The third-order valence-electron chi connectivity index (χ3n) is 1.05.